The molecule has 0 radical (unpaired) electrons. The molecular formula is C25H27N5O3. The van der Waals surface area contributed by atoms with Crippen molar-refractivity contribution in [2.45, 2.75) is 19.3 Å². The van der Waals surface area contributed by atoms with E-state index in [1.807, 2.05) is 47.4 Å². The summed E-state index contributed by atoms with van der Waals surface area (Å²) in [5.74, 6) is -0.117. The van der Waals surface area contributed by atoms with Crippen LogP contribution in [-0.2, 0) is 9.59 Å². The van der Waals surface area contributed by atoms with E-state index in [9.17, 15) is 14.4 Å². The number of anilines is 2. The third kappa shape index (κ3) is 5.65. The fourth-order valence-corrected chi connectivity index (χ4v) is 4.01. The molecule has 1 aliphatic rings. The number of primary amides is 1. The number of nitrogens with one attached hydrogen (secondary N) is 2. The fourth-order valence-electron chi connectivity index (χ4n) is 4.01. The van der Waals surface area contributed by atoms with Gasteiger partial charge in [0.25, 0.3) is 5.91 Å². The van der Waals surface area contributed by atoms with Gasteiger partial charge >= 0.3 is 0 Å². The van der Waals surface area contributed by atoms with E-state index in [1.54, 1.807) is 18.3 Å². The molecule has 0 aliphatic carbocycles. The predicted molar refractivity (Wildman–Crippen MR) is 128 cm³/mol. The maximum absolute atomic E-state index is 12.4. The second-order valence-electron chi connectivity index (χ2n) is 8.21. The minimum Gasteiger partial charge on any atom is -0.369 e. The molecule has 1 aliphatic heterocycles. The lowest BCUT2D eigenvalue weighted by atomic mass is 9.97. The summed E-state index contributed by atoms with van der Waals surface area (Å²) in [6.45, 7) is 1.61. The fraction of sp³-hybridized carbons (Fsp3) is 0.280. The Labute approximate surface area is 192 Å². The van der Waals surface area contributed by atoms with E-state index in [4.69, 9.17) is 5.73 Å². The monoisotopic (exact) mass is 445 g/mol. The van der Waals surface area contributed by atoms with Crippen LogP contribution in [0.2, 0.25) is 0 Å². The van der Waals surface area contributed by atoms with Gasteiger partial charge in [0, 0.05) is 31.6 Å². The van der Waals surface area contributed by atoms with Gasteiger partial charge in [0.15, 0.2) is 0 Å². The van der Waals surface area contributed by atoms with E-state index in [1.165, 1.54) is 0 Å². The minimum atomic E-state index is -0.281. The lowest BCUT2D eigenvalue weighted by Gasteiger charge is -2.32. The van der Waals surface area contributed by atoms with Gasteiger partial charge in [0.2, 0.25) is 11.8 Å². The van der Waals surface area contributed by atoms with Crippen molar-refractivity contribution in [2.75, 3.05) is 29.9 Å². The van der Waals surface area contributed by atoms with Gasteiger partial charge in [0.05, 0.1) is 17.8 Å². The summed E-state index contributed by atoms with van der Waals surface area (Å²) in [5.41, 5.74) is 6.58. The van der Waals surface area contributed by atoms with Gasteiger partial charge in [0.1, 0.15) is 5.82 Å². The third-order valence-electron chi connectivity index (χ3n) is 5.83. The van der Waals surface area contributed by atoms with E-state index in [2.05, 4.69) is 15.6 Å². The number of pyridine rings is 1. The average Bonchev–Trinajstić information content (AvgIpc) is 2.84. The van der Waals surface area contributed by atoms with Gasteiger partial charge in [-0.1, -0.05) is 30.3 Å². The molecule has 4 rings (SSSR count). The zero-order valence-corrected chi connectivity index (χ0v) is 18.3. The molecule has 8 nitrogen and oxygen atoms in total. The molecule has 1 aromatic heterocycles. The van der Waals surface area contributed by atoms with Gasteiger partial charge in [-0.15, -0.1) is 0 Å². The number of aromatic nitrogens is 1. The second kappa shape index (κ2) is 10.1. The lowest BCUT2D eigenvalue weighted by molar-refractivity contribution is -0.122. The van der Waals surface area contributed by atoms with Gasteiger partial charge < -0.3 is 21.3 Å². The molecular weight excluding hydrogens is 418 g/mol. The van der Waals surface area contributed by atoms with Gasteiger partial charge in [-0.2, -0.15) is 0 Å². The van der Waals surface area contributed by atoms with Crippen LogP contribution in [0.25, 0.3) is 10.8 Å². The molecule has 1 atom stereocenters. The predicted octanol–water partition coefficient (Wildman–Crippen LogP) is 2.70. The first-order chi connectivity index (χ1) is 16.0. The van der Waals surface area contributed by atoms with E-state index in [-0.39, 0.29) is 36.6 Å². The van der Waals surface area contributed by atoms with Crippen LogP contribution >= 0.6 is 0 Å². The van der Waals surface area contributed by atoms with Gasteiger partial charge in [-0.05, 0) is 47.9 Å². The van der Waals surface area contributed by atoms with E-state index >= 15 is 0 Å². The number of carbonyl (C=O) groups is 3. The zero-order valence-electron chi connectivity index (χ0n) is 18.3. The quantitative estimate of drug-likeness (QED) is 0.517. The summed E-state index contributed by atoms with van der Waals surface area (Å²) >= 11 is 0. The van der Waals surface area contributed by atoms with Crippen molar-refractivity contribution in [1.29, 1.82) is 0 Å². The molecule has 1 unspecified atom stereocenters. The zero-order chi connectivity index (χ0) is 23.2. The van der Waals surface area contributed by atoms with Crippen LogP contribution in [0.15, 0.2) is 60.8 Å². The number of rotatable bonds is 7. The van der Waals surface area contributed by atoms with Crippen LogP contribution in [0.1, 0.15) is 29.6 Å². The Balaban J connectivity index is 1.24. The summed E-state index contributed by atoms with van der Waals surface area (Å²) in [6.07, 6.45) is 3.43. The molecule has 1 saturated heterocycles. The van der Waals surface area contributed by atoms with E-state index < -0.39 is 0 Å². The molecule has 33 heavy (non-hydrogen) atoms. The molecule has 0 saturated carbocycles. The highest BCUT2D eigenvalue weighted by Crippen LogP contribution is 2.22. The number of nitrogens with two attached hydrogens (primary N) is 1. The summed E-state index contributed by atoms with van der Waals surface area (Å²) in [6, 6.07) is 17.0. The Kier molecular flexibility index (Phi) is 6.83. The molecule has 2 heterocycles. The van der Waals surface area contributed by atoms with Crippen LogP contribution in [0.3, 0.4) is 0 Å². The van der Waals surface area contributed by atoms with Crippen LogP contribution < -0.4 is 21.3 Å². The Hall–Kier alpha value is -3.94. The molecule has 8 heteroatoms. The first-order valence-electron chi connectivity index (χ1n) is 11.1. The Morgan fingerprint density at radius 3 is 2.64 bits per heavy atom. The van der Waals surface area contributed by atoms with Crippen LogP contribution in [-0.4, -0.2) is 42.3 Å². The number of hydrogen-bond donors (Lipinski definition) is 3. The molecule has 3 amide bonds. The maximum Gasteiger partial charge on any atom is 0.251 e. The van der Waals surface area contributed by atoms with Crippen molar-refractivity contribution in [3.63, 3.8) is 0 Å². The lowest BCUT2D eigenvalue weighted by Crippen LogP contribution is -2.41. The van der Waals surface area contributed by atoms with Crippen molar-refractivity contribution in [3.8, 4) is 0 Å². The molecule has 1 fully saturated rings. The summed E-state index contributed by atoms with van der Waals surface area (Å²) < 4.78 is 0. The standard InChI is InChI=1S/C25H27N5O3/c26-24(32)20-6-3-13-30(16-20)22-10-9-21(15-28-22)29-23(31)11-12-27-25(33)19-8-7-17-4-1-2-5-18(17)14-19/h1-2,4-5,7-10,14-15,20H,3,6,11-13,16H2,(H2,26,32)(H,27,33)(H,29,31). The topological polar surface area (TPSA) is 117 Å². The molecule has 0 bridgehead atoms. The highest BCUT2D eigenvalue weighted by atomic mass is 16.2. The number of hydrogen-bond acceptors (Lipinski definition) is 5. The summed E-state index contributed by atoms with van der Waals surface area (Å²) in [7, 11) is 0. The first kappa shape index (κ1) is 22.3. The number of carbonyl (C=O) groups excluding carboxylic acids is 3. The number of piperidine rings is 1. The van der Waals surface area contributed by atoms with Crippen molar-refractivity contribution < 1.29 is 14.4 Å². The molecule has 170 valence electrons. The normalized spacial score (nSPS) is 15.8. The SMILES string of the molecule is NC(=O)C1CCCN(c2ccc(NC(=O)CCNC(=O)c3ccc4ccccc4c3)cn2)C1. The number of nitrogens with zero attached hydrogens (tertiary/aromatic N) is 2. The summed E-state index contributed by atoms with van der Waals surface area (Å²) in [5, 5.41) is 7.64. The second-order valence-corrected chi connectivity index (χ2v) is 8.21. The first-order valence-corrected chi connectivity index (χ1v) is 11.1. The maximum atomic E-state index is 12.4. The largest absolute Gasteiger partial charge is 0.369 e. The van der Waals surface area contributed by atoms with E-state index in [0.717, 1.165) is 36.0 Å². The summed E-state index contributed by atoms with van der Waals surface area (Å²) in [4.78, 5) is 42.6. The van der Waals surface area contributed by atoms with Crippen molar-refractivity contribution in [3.05, 3.63) is 66.4 Å². The number of fused-ring (bicyclic) bond motifs is 1. The minimum absolute atomic E-state index is 0.146. The van der Waals surface area contributed by atoms with Crippen LogP contribution in [0.5, 0.6) is 0 Å². The van der Waals surface area contributed by atoms with Crippen LogP contribution in [0, 0.1) is 5.92 Å². The van der Waals surface area contributed by atoms with E-state index in [0.29, 0.717) is 17.8 Å². The Bertz CT molecular complexity index is 1160. The van der Waals surface area contributed by atoms with Crippen molar-refractivity contribution >= 4 is 40.0 Å². The van der Waals surface area contributed by atoms with Gasteiger partial charge in [-0.3, -0.25) is 14.4 Å². The number of amides is 3. The van der Waals surface area contributed by atoms with Gasteiger partial charge in [-0.25, -0.2) is 4.98 Å². The third-order valence-corrected chi connectivity index (χ3v) is 5.83. The highest BCUT2D eigenvalue weighted by molar-refractivity contribution is 5.99. The van der Waals surface area contributed by atoms with Crippen LogP contribution in [0.4, 0.5) is 11.5 Å². The highest BCUT2D eigenvalue weighted by Gasteiger charge is 2.24. The Morgan fingerprint density at radius 1 is 1.06 bits per heavy atom. The molecule has 4 N–H and O–H groups in total. The Morgan fingerprint density at radius 2 is 1.88 bits per heavy atom. The molecule has 0 spiro atoms. The molecule has 2 aromatic carbocycles. The smallest absolute Gasteiger partial charge is 0.251 e. The van der Waals surface area contributed by atoms with Crippen molar-refractivity contribution in [2.24, 2.45) is 11.7 Å². The number of benzene rings is 2. The average molecular weight is 446 g/mol. The molecule has 3 aromatic rings. The van der Waals surface area contributed by atoms with Crippen molar-refractivity contribution in [1.82, 2.24) is 10.3 Å².